The number of rotatable bonds is 3. The van der Waals surface area contributed by atoms with Crippen LogP contribution in [0.3, 0.4) is 0 Å². The minimum atomic E-state index is -0.267. The van der Waals surface area contributed by atoms with Crippen molar-refractivity contribution in [3.8, 4) is 6.07 Å². The number of nitriles is 1. The van der Waals surface area contributed by atoms with Gasteiger partial charge in [0, 0.05) is 6.54 Å². The second-order valence-corrected chi connectivity index (χ2v) is 4.30. The number of hydrogen-bond acceptors (Lipinski definition) is 3. The molecular formula is C13H15N3O. The summed E-state index contributed by atoms with van der Waals surface area (Å²) < 4.78 is 0. The summed E-state index contributed by atoms with van der Waals surface area (Å²) in [7, 11) is 0. The molecule has 0 bridgehead atoms. The van der Waals surface area contributed by atoms with Crippen LogP contribution in [-0.4, -0.2) is 23.4 Å². The van der Waals surface area contributed by atoms with Crippen LogP contribution in [0, 0.1) is 11.3 Å². The van der Waals surface area contributed by atoms with E-state index in [-0.39, 0.29) is 11.9 Å². The van der Waals surface area contributed by atoms with Gasteiger partial charge in [0.2, 0.25) is 5.91 Å². The van der Waals surface area contributed by atoms with Crippen LogP contribution in [-0.2, 0) is 11.3 Å². The Bertz CT molecular complexity index is 464. The summed E-state index contributed by atoms with van der Waals surface area (Å²) in [5, 5.41) is 9.01. The predicted molar refractivity (Wildman–Crippen MR) is 63.8 cm³/mol. The molecule has 0 unspecified atom stereocenters. The minimum Gasteiger partial charge on any atom is -0.368 e. The highest BCUT2D eigenvalue weighted by Gasteiger charge is 2.29. The number of likely N-dealkylation sites (tertiary alicyclic amines) is 1. The lowest BCUT2D eigenvalue weighted by Gasteiger charge is -2.22. The zero-order chi connectivity index (χ0) is 12.3. The monoisotopic (exact) mass is 229 g/mol. The highest BCUT2D eigenvalue weighted by Crippen LogP contribution is 2.21. The molecule has 1 amide bonds. The van der Waals surface area contributed by atoms with Crippen LogP contribution in [0.25, 0.3) is 0 Å². The SMILES string of the molecule is N#Cc1ccccc1CN1CCC[C@@H]1C(N)=O. The summed E-state index contributed by atoms with van der Waals surface area (Å²) in [6.07, 6.45) is 1.81. The van der Waals surface area contributed by atoms with Gasteiger partial charge in [-0.1, -0.05) is 18.2 Å². The normalized spacial score (nSPS) is 20.1. The zero-order valence-corrected chi connectivity index (χ0v) is 9.60. The molecule has 17 heavy (non-hydrogen) atoms. The second-order valence-electron chi connectivity index (χ2n) is 4.30. The van der Waals surface area contributed by atoms with Gasteiger partial charge in [0.25, 0.3) is 0 Å². The van der Waals surface area contributed by atoms with Crippen molar-refractivity contribution < 1.29 is 4.79 Å². The van der Waals surface area contributed by atoms with Crippen LogP contribution in [0.2, 0.25) is 0 Å². The molecule has 1 saturated heterocycles. The molecule has 1 atom stereocenters. The molecule has 0 aliphatic carbocycles. The molecule has 1 fully saturated rings. The van der Waals surface area contributed by atoms with Crippen LogP contribution in [0.15, 0.2) is 24.3 Å². The molecule has 4 heteroatoms. The smallest absolute Gasteiger partial charge is 0.234 e. The van der Waals surface area contributed by atoms with Gasteiger partial charge in [0.15, 0.2) is 0 Å². The summed E-state index contributed by atoms with van der Waals surface area (Å²) >= 11 is 0. The van der Waals surface area contributed by atoms with Crippen molar-refractivity contribution in [1.29, 1.82) is 5.26 Å². The van der Waals surface area contributed by atoms with Crippen molar-refractivity contribution in [1.82, 2.24) is 4.90 Å². The van der Waals surface area contributed by atoms with Crippen LogP contribution in [0.5, 0.6) is 0 Å². The van der Waals surface area contributed by atoms with Crippen molar-refractivity contribution in [2.24, 2.45) is 5.73 Å². The van der Waals surface area contributed by atoms with E-state index in [1.807, 2.05) is 18.2 Å². The molecule has 4 nitrogen and oxygen atoms in total. The third kappa shape index (κ3) is 2.45. The van der Waals surface area contributed by atoms with Crippen molar-refractivity contribution in [2.45, 2.75) is 25.4 Å². The first-order valence-electron chi connectivity index (χ1n) is 5.73. The quantitative estimate of drug-likeness (QED) is 0.840. The highest BCUT2D eigenvalue weighted by molar-refractivity contribution is 5.80. The highest BCUT2D eigenvalue weighted by atomic mass is 16.1. The van der Waals surface area contributed by atoms with Gasteiger partial charge < -0.3 is 5.73 Å². The van der Waals surface area contributed by atoms with Crippen LogP contribution in [0.1, 0.15) is 24.0 Å². The first-order chi connectivity index (χ1) is 8.22. The number of hydrogen-bond donors (Lipinski definition) is 1. The summed E-state index contributed by atoms with van der Waals surface area (Å²) in [6.45, 7) is 1.49. The largest absolute Gasteiger partial charge is 0.368 e. The molecule has 0 aromatic heterocycles. The van der Waals surface area contributed by atoms with E-state index in [2.05, 4.69) is 11.0 Å². The number of carbonyl (C=O) groups excluding carboxylic acids is 1. The van der Waals surface area contributed by atoms with Crippen molar-refractivity contribution in [3.63, 3.8) is 0 Å². The lowest BCUT2D eigenvalue weighted by molar-refractivity contribution is -0.122. The number of nitrogens with two attached hydrogens (primary N) is 1. The van der Waals surface area contributed by atoms with Crippen LogP contribution >= 0.6 is 0 Å². The molecular weight excluding hydrogens is 214 g/mol. The fourth-order valence-electron chi connectivity index (χ4n) is 2.32. The Balaban J connectivity index is 2.15. The number of amides is 1. The molecule has 2 rings (SSSR count). The van der Waals surface area contributed by atoms with E-state index in [1.54, 1.807) is 6.07 Å². The van der Waals surface area contributed by atoms with Gasteiger partial charge in [-0.05, 0) is 31.0 Å². The average molecular weight is 229 g/mol. The van der Waals surface area contributed by atoms with Gasteiger partial charge in [0.05, 0.1) is 17.7 Å². The number of primary amides is 1. The molecule has 0 spiro atoms. The van der Waals surface area contributed by atoms with Gasteiger partial charge in [-0.2, -0.15) is 5.26 Å². The van der Waals surface area contributed by atoms with E-state index in [0.717, 1.165) is 24.9 Å². The maximum atomic E-state index is 11.3. The Kier molecular flexibility index (Phi) is 3.40. The van der Waals surface area contributed by atoms with E-state index in [0.29, 0.717) is 12.1 Å². The van der Waals surface area contributed by atoms with E-state index < -0.39 is 0 Å². The lowest BCUT2D eigenvalue weighted by Crippen LogP contribution is -2.39. The molecule has 0 saturated carbocycles. The Labute approximate surface area is 101 Å². The van der Waals surface area contributed by atoms with Crippen LogP contribution in [0.4, 0.5) is 0 Å². The molecule has 88 valence electrons. The molecule has 0 radical (unpaired) electrons. The maximum absolute atomic E-state index is 11.3. The third-order valence-electron chi connectivity index (χ3n) is 3.20. The fraction of sp³-hybridized carbons (Fsp3) is 0.385. The lowest BCUT2D eigenvalue weighted by atomic mass is 10.1. The molecule has 2 N–H and O–H groups in total. The van der Waals surface area contributed by atoms with Gasteiger partial charge in [-0.25, -0.2) is 0 Å². The number of nitrogens with zero attached hydrogens (tertiary/aromatic N) is 2. The summed E-state index contributed by atoms with van der Waals surface area (Å²) in [5.74, 6) is -0.267. The van der Waals surface area contributed by atoms with Gasteiger partial charge in [0.1, 0.15) is 0 Å². The van der Waals surface area contributed by atoms with Crippen molar-refractivity contribution in [3.05, 3.63) is 35.4 Å². The van der Waals surface area contributed by atoms with Crippen molar-refractivity contribution in [2.75, 3.05) is 6.54 Å². The molecule has 1 aromatic carbocycles. The maximum Gasteiger partial charge on any atom is 0.234 e. The summed E-state index contributed by atoms with van der Waals surface area (Å²) in [5.41, 5.74) is 7.00. The fourth-order valence-corrected chi connectivity index (χ4v) is 2.32. The van der Waals surface area contributed by atoms with Gasteiger partial charge in [-0.3, -0.25) is 9.69 Å². The van der Waals surface area contributed by atoms with Crippen molar-refractivity contribution >= 4 is 5.91 Å². The van der Waals surface area contributed by atoms with Crippen LogP contribution < -0.4 is 5.73 Å². The average Bonchev–Trinajstić information content (AvgIpc) is 2.78. The molecule has 1 aliphatic heterocycles. The second kappa shape index (κ2) is 4.98. The summed E-state index contributed by atoms with van der Waals surface area (Å²) in [4.78, 5) is 13.3. The van der Waals surface area contributed by atoms with Gasteiger partial charge >= 0.3 is 0 Å². The van der Waals surface area contributed by atoms with E-state index in [9.17, 15) is 4.79 Å². The topological polar surface area (TPSA) is 70.1 Å². The first kappa shape index (κ1) is 11.6. The Morgan fingerprint density at radius 2 is 2.29 bits per heavy atom. The Morgan fingerprint density at radius 3 is 3.00 bits per heavy atom. The Hall–Kier alpha value is -1.86. The standard InChI is InChI=1S/C13H15N3O/c14-8-10-4-1-2-5-11(10)9-16-7-3-6-12(16)13(15)17/h1-2,4-5,12H,3,6-7,9H2,(H2,15,17)/t12-/m1/s1. The summed E-state index contributed by atoms with van der Waals surface area (Å²) in [6, 6.07) is 9.47. The third-order valence-corrected chi connectivity index (χ3v) is 3.20. The zero-order valence-electron chi connectivity index (χ0n) is 9.60. The number of benzene rings is 1. The molecule has 1 heterocycles. The minimum absolute atomic E-state index is 0.179. The predicted octanol–water partition coefficient (Wildman–Crippen LogP) is 1.01. The van der Waals surface area contributed by atoms with E-state index in [1.165, 1.54) is 0 Å². The van der Waals surface area contributed by atoms with Gasteiger partial charge in [-0.15, -0.1) is 0 Å². The van der Waals surface area contributed by atoms with E-state index in [4.69, 9.17) is 11.0 Å². The number of carbonyl (C=O) groups is 1. The van der Waals surface area contributed by atoms with E-state index >= 15 is 0 Å². The first-order valence-corrected chi connectivity index (χ1v) is 5.73. The Morgan fingerprint density at radius 1 is 1.53 bits per heavy atom. The molecule has 1 aromatic rings. The molecule has 1 aliphatic rings.